The topological polar surface area (TPSA) is 87.8 Å². The van der Waals surface area contributed by atoms with Gasteiger partial charge in [-0.3, -0.25) is 14.5 Å². The van der Waals surface area contributed by atoms with Crippen molar-refractivity contribution in [2.75, 3.05) is 0 Å². The molecule has 1 aliphatic carbocycles. The summed E-state index contributed by atoms with van der Waals surface area (Å²) in [6.45, 7) is 5.89. The Morgan fingerprint density at radius 3 is 2.55 bits per heavy atom. The number of rotatable bonds is 3. The number of halogens is 1. The van der Waals surface area contributed by atoms with Crippen molar-refractivity contribution in [2.45, 2.75) is 27.3 Å². The lowest BCUT2D eigenvalue weighted by molar-refractivity contribution is -0.143. The zero-order valence-electron chi connectivity index (χ0n) is 16.2. The average Bonchev–Trinajstić information content (AvgIpc) is 2.93. The van der Waals surface area contributed by atoms with Crippen LogP contribution in [0.25, 0.3) is 16.8 Å². The van der Waals surface area contributed by atoms with Gasteiger partial charge in [-0.1, -0.05) is 25.4 Å². The first-order chi connectivity index (χ1) is 13.7. The van der Waals surface area contributed by atoms with Crippen molar-refractivity contribution in [3.8, 4) is 17.0 Å². The molecule has 2 amide bonds. The van der Waals surface area contributed by atoms with Crippen LogP contribution in [0.3, 0.4) is 0 Å². The van der Waals surface area contributed by atoms with E-state index in [0.29, 0.717) is 27.4 Å². The smallest absolute Gasteiger partial charge is 0.233 e. The molecule has 2 aromatic heterocycles. The van der Waals surface area contributed by atoms with Crippen LogP contribution in [0.1, 0.15) is 25.0 Å². The molecule has 5 rings (SSSR count). The van der Waals surface area contributed by atoms with E-state index in [-0.39, 0.29) is 41.4 Å². The molecule has 2 unspecified atom stereocenters. The summed E-state index contributed by atoms with van der Waals surface area (Å²) in [6.07, 6.45) is 3.16. The van der Waals surface area contributed by atoms with Crippen LogP contribution >= 0.6 is 11.6 Å². The molecule has 3 aromatic rings. The zero-order valence-corrected chi connectivity index (χ0v) is 16.9. The molecule has 7 nitrogen and oxygen atoms in total. The van der Waals surface area contributed by atoms with Gasteiger partial charge in [0.15, 0.2) is 0 Å². The van der Waals surface area contributed by atoms with Crippen molar-refractivity contribution in [1.29, 1.82) is 0 Å². The fourth-order valence-corrected chi connectivity index (χ4v) is 4.81. The van der Waals surface area contributed by atoms with Crippen LogP contribution < -0.4 is 0 Å². The zero-order chi connectivity index (χ0) is 20.7. The van der Waals surface area contributed by atoms with Crippen LogP contribution in [-0.4, -0.2) is 36.4 Å². The molecular weight excluding hydrogens is 392 g/mol. The van der Waals surface area contributed by atoms with E-state index in [1.54, 1.807) is 29.8 Å². The molecule has 0 spiro atoms. The summed E-state index contributed by atoms with van der Waals surface area (Å²) in [6, 6.07) is 5.17. The maximum absolute atomic E-state index is 12.6. The highest BCUT2D eigenvalue weighted by Crippen LogP contribution is 2.63. The molecule has 148 valence electrons. The normalized spacial score (nSPS) is 22.4. The van der Waals surface area contributed by atoms with E-state index in [4.69, 9.17) is 11.6 Å². The molecule has 1 N–H and O–H groups in total. The number of imide groups is 1. The maximum Gasteiger partial charge on any atom is 0.233 e. The first-order valence-corrected chi connectivity index (χ1v) is 9.75. The third-order valence-electron chi connectivity index (χ3n) is 6.22. The third kappa shape index (κ3) is 2.50. The molecule has 0 radical (unpaired) electrons. The fourth-order valence-electron chi connectivity index (χ4n) is 4.54. The van der Waals surface area contributed by atoms with Gasteiger partial charge in [0.05, 0.1) is 23.9 Å². The predicted molar refractivity (Wildman–Crippen MR) is 106 cm³/mol. The summed E-state index contributed by atoms with van der Waals surface area (Å²) >= 11 is 6.17. The number of amides is 2. The molecule has 0 bridgehead atoms. The molecule has 2 aliphatic rings. The van der Waals surface area contributed by atoms with E-state index >= 15 is 0 Å². The molecule has 1 aromatic carbocycles. The van der Waals surface area contributed by atoms with Crippen LogP contribution in [0.5, 0.6) is 5.75 Å². The molecule has 1 saturated carbocycles. The molecule has 2 fully saturated rings. The van der Waals surface area contributed by atoms with E-state index in [9.17, 15) is 14.7 Å². The van der Waals surface area contributed by atoms with Gasteiger partial charge in [0, 0.05) is 16.8 Å². The van der Waals surface area contributed by atoms with Crippen molar-refractivity contribution in [2.24, 2.45) is 17.3 Å². The Labute approximate surface area is 171 Å². The van der Waals surface area contributed by atoms with Crippen molar-refractivity contribution < 1.29 is 14.7 Å². The summed E-state index contributed by atoms with van der Waals surface area (Å²) in [5, 5.41) is 15.2. The minimum atomic E-state index is -0.225. The number of fused-ring (bicyclic) bond motifs is 2. The van der Waals surface area contributed by atoms with Gasteiger partial charge in [0.2, 0.25) is 11.8 Å². The highest BCUT2D eigenvalue weighted by atomic mass is 35.5. The quantitative estimate of drug-likeness (QED) is 0.670. The van der Waals surface area contributed by atoms with Crippen LogP contribution in [0.4, 0.5) is 0 Å². The largest absolute Gasteiger partial charge is 0.507 e. The van der Waals surface area contributed by atoms with Gasteiger partial charge in [0.1, 0.15) is 17.8 Å². The first-order valence-electron chi connectivity index (χ1n) is 9.37. The number of aryl methyl sites for hydroxylation is 1. The number of phenols is 1. The van der Waals surface area contributed by atoms with Crippen molar-refractivity contribution in [1.82, 2.24) is 19.5 Å². The van der Waals surface area contributed by atoms with E-state index < -0.39 is 0 Å². The van der Waals surface area contributed by atoms with Gasteiger partial charge in [0.25, 0.3) is 0 Å². The lowest BCUT2D eigenvalue weighted by Crippen LogP contribution is -2.35. The average molecular weight is 411 g/mol. The molecule has 29 heavy (non-hydrogen) atoms. The summed E-state index contributed by atoms with van der Waals surface area (Å²) < 4.78 is 1.63. The Hall–Kier alpha value is -2.93. The molecule has 2 atom stereocenters. The molecular formula is C21H19ClN4O3. The minimum Gasteiger partial charge on any atom is -0.507 e. The molecule has 1 saturated heterocycles. The van der Waals surface area contributed by atoms with Crippen molar-refractivity contribution in [3.05, 3.63) is 46.9 Å². The van der Waals surface area contributed by atoms with E-state index in [2.05, 4.69) is 10.1 Å². The number of hydrogen-bond acceptors (Lipinski definition) is 5. The van der Waals surface area contributed by atoms with Crippen LogP contribution in [-0.2, 0) is 16.1 Å². The molecule has 3 heterocycles. The Kier molecular flexibility index (Phi) is 3.62. The summed E-state index contributed by atoms with van der Waals surface area (Å²) in [5.74, 6) is -0.503. The second kappa shape index (κ2) is 5.79. The highest BCUT2D eigenvalue weighted by molar-refractivity contribution is 6.31. The van der Waals surface area contributed by atoms with Gasteiger partial charge < -0.3 is 5.11 Å². The SMILES string of the molecule is Cc1cc(Cl)cc(-c2ncnn3cc(CN4C(=O)C5C(C4=O)C5(C)C)cc23)c1O. The minimum absolute atomic E-state index is 0.102. The number of aromatic hydroxyl groups is 1. The maximum atomic E-state index is 12.6. The van der Waals surface area contributed by atoms with Crippen LogP contribution in [0, 0.1) is 24.2 Å². The van der Waals surface area contributed by atoms with Gasteiger partial charge >= 0.3 is 0 Å². The number of nitrogens with zero attached hydrogens (tertiary/aromatic N) is 4. The Bertz CT molecular complexity index is 1190. The summed E-state index contributed by atoms with van der Waals surface area (Å²) in [4.78, 5) is 30.9. The Morgan fingerprint density at radius 1 is 1.17 bits per heavy atom. The number of phenolic OH excluding ortho intramolecular Hbond substituents is 1. The van der Waals surface area contributed by atoms with Gasteiger partial charge in [-0.05, 0) is 41.7 Å². The summed E-state index contributed by atoms with van der Waals surface area (Å²) in [5.41, 5.74) is 2.87. The van der Waals surface area contributed by atoms with Crippen molar-refractivity contribution in [3.63, 3.8) is 0 Å². The van der Waals surface area contributed by atoms with Crippen LogP contribution in [0.2, 0.25) is 5.02 Å². The fraction of sp³-hybridized carbons (Fsp3) is 0.333. The number of likely N-dealkylation sites (tertiary alicyclic amines) is 1. The number of carbonyl (C=O) groups excluding carboxylic acids is 2. The monoisotopic (exact) mass is 410 g/mol. The number of benzene rings is 1. The first kappa shape index (κ1) is 18.1. The lowest BCUT2D eigenvalue weighted by Gasteiger charge is -2.19. The van der Waals surface area contributed by atoms with Gasteiger partial charge in [-0.25, -0.2) is 9.50 Å². The van der Waals surface area contributed by atoms with Gasteiger partial charge in [-0.15, -0.1) is 0 Å². The Morgan fingerprint density at radius 2 is 1.86 bits per heavy atom. The van der Waals surface area contributed by atoms with Crippen molar-refractivity contribution >= 4 is 28.9 Å². The van der Waals surface area contributed by atoms with E-state index in [1.807, 2.05) is 19.9 Å². The van der Waals surface area contributed by atoms with E-state index in [0.717, 1.165) is 5.56 Å². The molecule has 1 aliphatic heterocycles. The Balaban J connectivity index is 1.52. The standard InChI is InChI=1S/C21H19ClN4O3/c1-10-4-12(22)6-13(18(10)27)17-14-5-11(8-26(14)24-9-23-17)7-25-19(28)15-16(20(25)29)21(15,2)3/h4-6,8-9,15-16,27H,7H2,1-3H3. The second-order valence-electron chi connectivity index (χ2n) is 8.44. The molecule has 8 heteroatoms. The highest BCUT2D eigenvalue weighted by Gasteiger charge is 2.72. The lowest BCUT2D eigenvalue weighted by atomic mass is 10.0. The van der Waals surface area contributed by atoms with Gasteiger partial charge in [-0.2, -0.15) is 5.10 Å². The number of carbonyl (C=O) groups is 2. The third-order valence-corrected chi connectivity index (χ3v) is 6.43. The predicted octanol–water partition coefficient (Wildman–Crippen LogP) is 3.20. The number of piperidine rings is 1. The second-order valence-corrected chi connectivity index (χ2v) is 8.88. The number of aromatic nitrogens is 3. The van der Waals surface area contributed by atoms with E-state index in [1.165, 1.54) is 11.2 Å². The number of hydrogen-bond donors (Lipinski definition) is 1. The summed E-state index contributed by atoms with van der Waals surface area (Å²) in [7, 11) is 0. The van der Waals surface area contributed by atoms with Crippen LogP contribution in [0.15, 0.2) is 30.7 Å².